The number of thiophene rings is 1. The van der Waals surface area contributed by atoms with E-state index in [0.717, 1.165) is 33.4 Å². The molecule has 2 heterocycles. The summed E-state index contributed by atoms with van der Waals surface area (Å²) >= 11 is 25.0. The number of sulfonamides is 1. The summed E-state index contributed by atoms with van der Waals surface area (Å²) < 4.78 is 44.0. The largest absolute Gasteiger partial charge is 0.342 e. The fraction of sp³-hybridized carbons (Fsp3) is 0.130. The lowest BCUT2D eigenvalue weighted by Gasteiger charge is -2.10. The first-order chi connectivity index (χ1) is 16.0. The van der Waals surface area contributed by atoms with Gasteiger partial charge in [0.1, 0.15) is 14.4 Å². The summed E-state index contributed by atoms with van der Waals surface area (Å²) in [5.74, 6) is -0.388. The van der Waals surface area contributed by atoms with Crippen LogP contribution >= 0.6 is 57.7 Å². The van der Waals surface area contributed by atoms with Crippen LogP contribution in [0, 0.1) is 12.7 Å². The molecule has 2 aromatic heterocycles. The Kier molecular flexibility index (Phi) is 7.64. The summed E-state index contributed by atoms with van der Waals surface area (Å²) in [7, 11) is -3.78. The van der Waals surface area contributed by atoms with Crippen molar-refractivity contribution < 1.29 is 12.8 Å². The van der Waals surface area contributed by atoms with Crippen LogP contribution in [0.2, 0.25) is 19.4 Å². The van der Waals surface area contributed by atoms with Crippen molar-refractivity contribution in [2.75, 3.05) is 6.54 Å². The maximum absolute atomic E-state index is 14.4. The van der Waals surface area contributed by atoms with Crippen molar-refractivity contribution in [2.45, 2.75) is 17.7 Å². The molecule has 11 heteroatoms. The van der Waals surface area contributed by atoms with Crippen LogP contribution in [0.1, 0.15) is 16.7 Å². The van der Waals surface area contributed by atoms with Gasteiger partial charge in [0.05, 0.1) is 10.5 Å². The van der Waals surface area contributed by atoms with Crippen molar-refractivity contribution in [3.63, 3.8) is 0 Å². The highest BCUT2D eigenvalue weighted by atomic mass is 35.5. The number of fused-ring (bicyclic) bond motifs is 1. The van der Waals surface area contributed by atoms with Gasteiger partial charge in [-0.15, -0.1) is 11.3 Å². The number of aromatic nitrogens is 1. The standard InChI is InChI=1S/C23H17Cl4FN2O2S2/c1-13-11-30(12-15-4-5-16(24)8-19(15)25)22-14(7-17(28)9-18(13)22)3-2-6-29-34(31,32)21-10-20(26)23(27)33-21/h2-5,7-11,29H,6,12H2,1H3/b3-2+. The van der Waals surface area contributed by atoms with Gasteiger partial charge >= 0.3 is 0 Å². The second kappa shape index (κ2) is 10.2. The number of nitrogens with zero attached hydrogens (tertiary/aromatic N) is 1. The van der Waals surface area contributed by atoms with E-state index in [0.29, 0.717) is 22.2 Å². The summed E-state index contributed by atoms with van der Waals surface area (Å²) in [6.45, 7) is 2.36. The van der Waals surface area contributed by atoms with Crippen molar-refractivity contribution >= 4 is 84.7 Å². The molecule has 0 unspecified atom stereocenters. The molecule has 0 fully saturated rings. The summed E-state index contributed by atoms with van der Waals surface area (Å²) in [6, 6.07) is 9.48. The number of halogens is 5. The minimum atomic E-state index is -3.78. The van der Waals surface area contributed by atoms with Crippen LogP contribution in [-0.4, -0.2) is 19.5 Å². The molecule has 34 heavy (non-hydrogen) atoms. The second-order valence-corrected chi connectivity index (χ2v) is 12.4. The third kappa shape index (κ3) is 5.46. The fourth-order valence-electron chi connectivity index (χ4n) is 3.57. The molecule has 0 aliphatic rings. The van der Waals surface area contributed by atoms with Crippen LogP contribution in [-0.2, 0) is 16.6 Å². The van der Waals surface area contributed by atoms with Crippen molar-refractivity contribution in [1.82, 2.24) is 9.29 Å². The molecule has 0 saturated carbocycles. The molecule has 0 amide bonds. The molecule has 4 rings (SSSR count). The average molecular weight is 578 g/mol. The van der Waals surface area contributed by atoms with Crippen LogP contribution in [0.5, 0.6) is 0 Å². The predicted molar refractivity (Wildman–Crippen MR) is 141 cm³/mol. The van der Waals surface area contributed by atoms with Crippen molar-refractivity contribution in [1.29, 1.82) is 0 Å². The highest BCUT2D eigenvalue weighted by Crippen LogP contribution is 2.34. The topological polar surface area (TPSA) is 51.1 Å². The summed E-state index contributed by atoms with van der Waals surface area (Å²) in [4.78, 5) is 0. The molecular weight excluding hydrogens is 561 g/mol. The Balaban J connectivity index is 1.62. The van der Waals surface area contributed by atoms with Crippen LogP contribution in [0.3, 0.4) is 0 Å². The SMILES string of the molecule is Cc1cn(Cc2ccc(Cl)cc2Cl)c2c(/C=C/CNS(=O)(=O)c3cc(Cl)c(Cl)s3)cc(F)cc12. The molecule has 0 bridgehead atoms. The molecule has 4 nitrogen and oxygen atoms in total. The van der Waals surface area contributed by atoms with E-state index < -0.39 is 10.0 Å². The number of aryl methyl sites for hydroxylation is 1. The summed E-state index contributed by atoms with van der Waals surface area (Å²) in [6.07, 6.45) is 5.23. The highest BCUT2D eigenvalue weighted by Gasteiger charge is 2.18. The van der Waals surface area contributed by atoms with Crippen LogP contribution in [0.15, 0.2) is 52.9 Å². The van der Waals surface area contributed by atoms with Gasteiger partial charge in [0.25, 0.3) is 0 Å². The van der Waals surface area contributed by atoms with Crippen molar-refractivity contribution in [3.8, 4) is 0 Å². The number of benzene rings is 2. The molecular formula is C23H17Cl4FN2O2S2. The maximum atomic E-state index is 14.4. The lowest BCUT2D eigenvalue weighted by molar-refractivity contribution is 0.588. The lowest BCUT2D eigenvalue weighted by Crippen LogP contribution is -2.22. The lowest BCUT2D eigenvalue weighted by atomic mass is 10.1. The number of nitrogens with one attached hydrogen (secondary N) is 1. The van der Waals surface area contributed by atoms with E-state index in [1.165, 1.54) is 18.2 Å². The van der Waals surface area contributed by atoms with Crippen LogP contribution in [0.25, 0.3) is 17.0 Å². The maximum Gasteiger partial charge on any atom is 0.250 e. The van der Waals surface area contributed by atoms with E-state index in [2.05, 4.69) is 4.72 Å². The molecule has 0 aliphatic carbocycles. The Labute approximate surface area is 220 Å². The molecule has 178 valence electrons. The first kappa shape index (κ1) is 25.5. The Bertz CT molecular complexity index is 1510. The number of rotatable bonds is 7. The van der Waals surface area contributed by atoms with Gasteiger partial charge in [-0.25, -0.2) is 17.5 Å². The van der Waals surface area contributed by atoms with E-state index in [1.807, 2.05) is 23.8 Å². The molecule has 1 N–H and O–H groups in total. The second-order valence-electron chi connectivity index (χ2n) is 7.51. The Morgan fingerprint density at radius 3 is 2.53 bits per heavy atom. The quantitative estimate of drug-likeness (QED) is 0.243. The highest BCUT2D eigenvalue weighted by molar-refractivity contribution is 7.91. The zero-order valence-corrected chi connectivity index (χ0v) is 22.2. The molecule has 0 spiro atoms. The zero-order chi connectivity index (χ0) is 24.6. The Morgan fingerprint density at radius 2 is 1.85 bits per heavy atom. The number of hydrogen-bond acceptors (Lipinski definition) is 3. The Hall–Kier alpha value is -1.58. The fourth-order valence-corrected chi connectivity index (χ4v) is 6.94. The first-order valence-electron chi connectivity index (χ1n) is 9.89. The van der Waals surface area contributed by atoms with Gasteiger partial charge < -0.3 is 4.57 Å². The molecule has 0 radical (unpaired) electrons. The third-order valence-corrected chi connectivity index (χ3v) is 9.45. The average Bonchev–Trinajstić information content (AvgIpc) is 3.26. The zero-order valence-electron chi connectivity index (χ0n) is 17.6. The van der Waals surface area contributed by atoms with Gasteiger partial charge in [0.2, 0.25) is 10.0 Å². The molecule has 0 aliphatic heterocycles. The van der Waals surface area contributed by atoms with E-state index >= 15 is 0 Å². The summed E-state index contributed by atoms with van der Waals surface area (Å²) in [5.41, 5.74) is 3.18. The van der Waals surface area contributed by atoms with Crippen LogP contribution in [0.4, 0.5) is 4.39 Å². The van der Waals surface area contributed by atoms with Crippen molar-refractivity contribution in [3.05, 3.63) is 90.6 Å². The molecule has 2 aromatic carbocycles. The third-order valence-electron chi connectivity index (χ3n) is 5.10. The molecule has 0 atom stereocenters. The van der Waals surface area contributed by atoms with Gasteiger partial charge in [-0.3, -0.25) is 0 Å². The van der Waals surface area contributed by atoms with Gasteiger partial charge in [-0.05, 0) is 48.4 Å². The first-order valence-corrected chi connectivity index (χ1v) is 13.7. The smallest absolute Gasteiger partial charge is 0.250 e. The number of hydrogen-bond donors (Lipinski definition) is 1. The minimum absolute atomic E-state index is 0.00379. The van der Waals surface area contributed by atoms with Crippen molar-refractivity contribution in [2.24, 2.45) is 0 Å². The van der Waals surface area contributed by atoms with Gasteiger partial charge in [0.15, 0.2) is 0 Å². The van der Waals surface area contributed by atoms with E-state index in [1.54, 1.807) is 24.3 Å². The van der Waals surface area contributed by atoms with Gasteiger partial charge in [-0.2, -0.15) is 0 Å². The van der Waals surface area contributed by atoms with E-state index in [4.69, 9.17) is 46.4 Å². The molecule has 4 aromatic rings. The Morgan fingerprint density at radius 1 is 1.09 bits per heavy atom. The van der Waals surface area contributed by atoms with E-state index in [-0.39, 0.29) is 25.9 Å². The van der Waals surface area contributed by atoms with Gasteiger partial charge in [0, 0.05) is 40.3 Å². The van der Waals surface area contributed by atoms with Gasteiger partial charge in [-0.1, -0.05) is 64.6 Å². The minimum Gasteiger partial charge on any atom is -0.342 e. The monoisotopic (exact) mass is 576 g/mol. The van der Waals surface area contributed by atoms with Crippen LogP contribution < -0.4 is 4.72 Å². The van der Waals surface area contributed by atoms with E-state index in [9.17, 15) is 12.8 Å². The normalized spacial score (nSPS) is 12.3. The predicted octanol–water partition coefficient (Wildman–Crippen LogP) is 7.80. The summed E-state index contributed by atoms with van der Waals surface area (Å²) in [5, 5.41) is 2.02. The molecule has 0 saturated heterocycles.